The van der Waals surface area contributed by atoms with Crippen LogP contribution in [0.5, 0.6) is 11.5 Å². The summed E-state index contributed by atoms with van der Waals surface area (Å²) in [6, 6.07) is 15.2. The van der Waals surface area contributed by atoms with Gasteiger partial charge in [-0.15, -0.1) is 10.2 Å². The highest BCUT2D eigenvalue weighted by Gasteiger charge is 2.11. The number of para-hydroxylation sites is 1. The first-order valence-electron chi connectivity index (χ1n) is 8.05. The minimum atomic E-state index is -0.129. The van der Waals surface area contributed by atoms with Crippen LogP contribution in [-0.2, 0) is 17.6 Å². The summed E-state index contributed by atoms with van der Waals surface area (Å²) < 4.78 is 10.5. The Bertz CT molecular complexity index is 878. The van der Waals surface area contributed by atoms with Crippen molar-refractivity contribution in [1.82, 2.24) is 10.2 Å². The zero-order valence-electron chi connectivity index (χ0n) is 14.6. The number of carbonyl (C=O) groups is 1. The second kappa shape index (κ2) is 8.44. The third-order valence-corrected chi connectivity index (χ3v) is 4.61. The van der Waals surface area contributed by atoms with Crippen molar-refractivity contribution in [3.63, 3.8) is 0 Å². The van der Waals surface area contributed by atoms with Crippen molar-refractivity contribution in [2.45, 2.75) is 12.8 Å². The van der Waals surface area contributed by atoms with E-state index < -0.39 is 0 Å². The number of aromatic nitrogens is 2. The number of ether oxygens (including phenoxy) is 2. The van der Waals surface area contributed by atoms with Gasteiger partial charge < -0.3 is 14.8 Å². The number of hydrogen-bond donors (Lipinski definition) is 1. The van der Waals surface area contributed by atoms with Crippen LogP contribution in [0.25, 0.3) is 0 Å². The van der Waals surface area contributed by atoms with Gasteiger partial charge in [0.2, 0.25) is 11.0 Å². The van der Waals surface area contributed by atoms with Gasteiger partial charge in [0.25, 0.3) is 0 Å². The fourth-order valence-corrected chi connectivity index (χ4v) is 3.26. The molecule has 3 rings (SSSR count). The van der Waals surface area contributed by atoms with E-state index in [4.69, 9.17) is 9.47 Å². The van der Waals surface area contributed by atoms with E-state index in [1.165, 1.54) is 11.3 Å². The van der Waals surface area contributed by atoms with Gasteiger partial charge in [-0.1, -0.05) is 41.7 Å². The molecular weight excluding hydrogens is 350 g/mol. The van der Waals surface area contributed by atoms with E-state index in [0.717, 1.165) is 27.6 Å². The normalized spacial score (nSPS) is 10.4. The number of nitrogens with zero attached hydrogens (tertiary/aromatic N) is 2. The third kappa shape index (κ3) is 4.58. The van der Waals surface area contributed by atoms with Crippen molar-refractivity contribution in [2.75, 3.05) is 19.5 Å². The maximum atomic E-state index is 12.2. The molecule has 26 heavy (non-hydrogen) atoms. The molecule has 134 valence electrons. The lowest BCUT2D eigenvalue weighted by Crippen LogP contribution is -2.14. The summed E-state index contributed by atoms with van der Waals surface area (Å²) in [5, 5.41) is 12.3. The predicted molar refractivity (Wildman–Crippen MR) is 101 cm³/mol. The van der Waals surface area contributed by atoms with E-state index in [-0.39, 0.29) is 12.3 Å². The Kier molecular flexibility index (Phi) is 5.80. The van der Waals surface area contributed by atoms with Crippen LogP contribution in [0.15, 0.2) is 48.5 Å². The largest absolute Gasteiger partial charge is 0.497 e. The molecule has 2 aromatic carbocycles. The topological polar surface area (TPSA) is 73.3 Å². The average Bonchev–Trinajstić information content (AvgIpc) is 3.09. The molecule has 0 bridgehead atoms. The van der Waals surface area contributed by atoms with Crippen LogP contribution in [-0.4, -0.2) is 30.3 Å². The van der Waals surface area contributed by atoms with Crippen LogP contribution in [0.2, 0.25) is 0 Å². The summed E-state index contributed by atoms with van der Waals surface area (Å²) in [6.07, 6.45) is 0.876. The van der Waals surface area contributed by atoms with Crippen LogP contribution in [0, 0.1) is 0 Å². The first-order chi connectivity index (χ1) is 12.7. The molecule has 3 aromatic rings. The fourth-order valence-electron chi connectivity index (χ4n) is 2.48. The quantitative estimate of drug-likeness (QED) is 0.692. The summed E-state index contributed by atoms with van der Waals surface area (Å²) in [5.41, 5.74) is 1.93. The molecule has 1 aromatic heterocycles. The zero-order valence-corrected chi connectivity index (χ0v) is 15.4. The molecule has 0 atom stereocenters. The molecule has 0 aliphatic heterocycles. The molecule has 0 unspecified atom stereocenters. The molecule has 6 nitrogen and oxygen atoms in total. The van der Waals surface area contributed by atoms with Gasteiger partial charge in [-0.3, -0.25) is 4.79 Å². The van der Waals surface area contributed by atoms with Gasteiger partial charge in [-0.05, 0) is 23.8 Å². The lowest BCUT2D eigenvalue weighted by atomic mass is 10.1. The van der Waals surface area contributed by atoms with Gasteiger partial charge in [0.1, 0.15) is 16.5 Å². The molecule has 0 fully saturated rings. The molecular formula is C19H19N3O3S. The Morgan fingerprint density at radius 1 is 1.04 bits per heavy atom. The Morgan fingerprint density at radius 3 is 2.54 bits per heavy atom. The van der Waals surface area contributed by atoms with Gasteiger partial charge in [-0.2, -0.15) is 0 Å². The number of carbonyl (C=O) groups excluding carboxylic acids is 1. The number of anilines is 1. The first-order valence-corrected chi connectivity index (χ1v) is 8.86. The highest BCUT2D eigenvalue weighted by Crippen LogP contribution is 2.24. The number of rotatable bonds is 7. The molecule has 0 aliphatic carbocycles. The average molecular weight is 369 g/mol. The van der Waals surface area contributed by atoms with Crippen LogP contribution in [0.3, 0.4) is 0 Å². The maximum absolute atomic E-state index is 12.2. The third-order valence-electron chi connectivity index (χ3n) is 3.77. The van der Waals surface area contributed by atoms with E-state index in [1.54, 1.807) is 14.2 Å². The number of amides is 1. The van der Waals surface area contributed by atoms with Gasteiger partial charge >= 0.3 is 0 Å². The van der Waals surface area contributed by atoms with Gasteiger partial charge in [0, 0.05) is 12.0 Å². The number of benzene rings is 2. The molecule has 7 heteroatoms. The SMILES string of the molecule is COc1ccc(CC(=O)Nc2nnc(Cc3ccccc3OC)s2)cc1. The van der Waals surface area contributed by atoms with Gasteiger partial charge in [-0.25, -0.2) is 0 Å². The lowest BCUT2D eigenvalue weighted by molar-refractivity contribution is -0.115. The van der Waals surface area contributed by atoms with Crippen molar-refractivity contribution < 1.29 is 14.3 Å². The van der Waals surface area contributed by atoms with E-state index >= 15 is 0 Å². The molecule has 1 N–H and O–H groups in total. The summed E-state index contributed by atoms with van der Waals surface area (Å²) in [6.45, 7) is 0. The summed E-state index contributed by atoms with van der Waals surface area (Å²) in [5.74, 6) is 1.45. The Balaban J connectivity index is 1.59. The second-order valence-corrected chi connectivity index (χ2v) is 6.62. The van der Waals surface area contributed by atoms with Crippen LogP contribution in [0.4, 0.5) is 5.13 Å². The molecule has 0 radical (unpaired) electrons. The fraction of sp³-hybridized carbons (Fsp3) is 0.211. The van der Waals surface area contributed by atoms with E-state index in [0.29, 0.717) is 11.6 Å². The molecule has 1 amide bonds. The predicted octanol–water partition coefficient (Wildman–Crippen LogP) is 3.33. The van der Waals surface area contributed by atoms with Gasteiger partial charge in [0.15, 0.2) is 0 Å². The van der Waals surface area contributed by atoms with Crippen LogP contribution < -0.4 is 14.8 Å². The van der Waals surface area contributed by atoms with Crippen molar-refractivity contribution in [2.24, 2.45) is 0 Å². The Hall–Kier alpha value is -2.93. The standard InChI is InChI=1S/C19H19N3O3S/c1-24-15-9-7-13(8-10-15)11-17(23)20-19-22-21-18(26-19)12-14-5-3-4-6-16(14)25-2/h3-10H,11-12H2,1-2H3,(H,20,22,23). The van der Waals surface area contributed by atoms with Crippen molar-refractivity contribution in [3.8, 4) is 11.5 Å². The van der Waals surface area contributed by atoms with Crippen molar-refractivity contribution in [3.05, 3.63) is 64.7 Å². The number of hydrogen-bond acceptors (Lipinski definition) is 6. The number of nitrogens with one attached hydrogen (secondary N) is 1. The zero-order chi connectivity index (χ0) is 18.4. The minimum absolute atomic E-state index is 0.129. The number of methoxy groups -OCH3 is 2. The second-order valence-electron chi connectivity index (χ2n) is 5.56. The molecule has 0 spiro atoms. The van der Waals surface area contributed by atoms with Crippen molar-refractivity contribution >= 4 is 22.4 Å². The van der Waals surface area contributed by atoms with E-state index in [2.05, 4.69) is 15.5 Å². The van der Waals surface area contributed by atoms with Crippen molar-refractivity contribution in [1.29, 1.82) is 0 Å². The minimum Gasteiger partial charge on any atom is -0.497 e. The summed E-state index contributed by atoms with van der Waals surface area (Å²) in [7, 11) is 3.25. The molecule has 0 saturated carbocycles. The molecule has 1 heterocycles. The van der Waals surface area contributed by atoms with E-state index in [1.807, 2.05) is 48.5 Å². The van der Waals surface area contributed by atoms with Crippen LogP contribution >= 0.6 is 11.3 Å². The van der Waals surface area contributed by atoms with Gasteiger partial charge in [0.05, 0.1) is 20.6 Å². The highest BCUT2D eigenvalue weighted by molar-refractivity contribution is 7.15. The Labute approximate surface area is 155 Å². The maximum Gasteiger partial charge on any atom is 0.230 e. The lowest BCUT2D eigenvalue weighted by Gasteiger charge is -2.05. The highest BCUT2D eigenvalue weighted by atomic mass is 32.1. The van der Waals surface area contributed by atoms with E-state index in [9.17, 15) is 4.79 Å². The van der Waals surface area contributed by atoms with Crippen LogP contribution in [0.1, 0.15) is 16.1 Å². The Morgan fingerprint density at radius 2 is 1.81 bits per heavy atom. The summed E-state index contributed by atoms with van der Waals surface area (Å²) in [4.78, 5) is 12.2. The molecule has 0 aliphatic rings. The first kappa shape index (κ1) is 17.9. The summed E-state index contributed by atoms with van der Waals surface area (Å²) >= 11 is 1.36. The smallest absolute Gasteiger partial charge is 0.230 e. The monoisotopic (exact) mass is 369 g/mol. The molecule has 0 saturated heterocycles.